The first-order chi connectivity index (χ1) is 18.5. The molecular formula is C31H28F3NO3S. The highest BCUT2D eigenvalue weighted by Gasteiger charge is 2.48. The molecule has 0 heterocycles. The second kappa shape index (κ2) is 11.5. The standard InChI is InChI=1S/C31H28F3NO3S/c1-21(2)17-26-18-22(7-6-16-35)12-14-29(26)25-13-15-30(38-39(36,37)31(32,33)34)27(20-25)19-24-10-5-9-23-8-3-4-11-28(23)24/h3-5,8-15,18,20-21H,6-7,17,19H2,1-2H3. The average Bonchev–Trinajstić information content (AvgIpc) is 2.88. The van der Waals surface area contributed by atoms with Crippen molar-refractivity contribution in [2.24, 2.45) is 5.92 Å². The fourth-order valence-electron chi connectivity index (χ4n) is 4.68. The lowest BCUT2D eigenvalue weighted by atomic mass is 9.89. The molecule has 0 spiro atoms. The fourth-order valence-corrected chi connectivity index (χ4v) is 5.17. The van der Waals surface area contributed by atoms with E-state index in [4.69, 9.17) is 5.26 Å². The fraction of sp³-hybridized carbons (Fsp3) is 0.258. The third kappa shape index (κ3) is 6.61. The molecule has 4 aromatic rings. The molecule has 0 amide bonds. The van der Waals surface area contributed by atoms with Gasteiger partial charge in [0.05, 0.1) is 6.07 Å². The second-order valence-corrected chi connectivity index (χ2v) is 11.4. The molecule has 0 unspecified atom stereocenters. The average molecular weight is 552 g/mol. The van der Waals surface area contributed by atoms with Crippen LogP contribution in [0.3, 0.4) is 0 Å². The van der Waals surface area contributed by atoms with Crippen LogP contribution in [0.1, 0.15) is 42.5 Å². The number of aryl methyl sites for hydroxylation is 1. The van der Waals surface area contributed by atoms with E-state index in [1.54, 1.807) is 12.1 Å². The van der Waals surface area contributed by atoms with Crippen molar-refractivity contribution in [1.29, 1.82) is 5.26 Å². The number of hydrogen-bond acceptors (Lipinski definition) is 4. The van der Waals surface area contributed by atoms with Crippen LogP contribution in [-0.2, 0) is 29.4 Å². The summed E-state index contributed by atoms with van der Waals surface area (Å²) >= 11 is 0. The first-order valence-electron chi connectivity index (χ1n) is 12.6. The molecule has 202 valence electrons. The van der Waals surface area contributed by atoms with Gasteiger partial charge in [-0.05, 0) is 69.5 Å². The summed E-state index contributed by atoms with van der Waals surface area (Å²) in [6.45, 7) is 4.19. The Balaban J connectivity index is 1.84. The summed E-state index contributed by atoms with van der Waals surface area (Å²) in [6, 6.07) is 26.0. The lowest BCUT2D eigenvalue weighted by Crippen LogP contribution is -2.28. The third-order valence-electron chi connectivity index (χ3n) is 6.44. The van der Waals surface area contributed by atoms with Gasteiger partial charge in [-0.2, -0.15) is 26.9 Å². The topological polar surface area (TPSA) is 67.2 Å². The monoisotopic (exact) mass is 551 g/mol. The van der Waals surface area contributed by atoms with Crippen LogP contribution in [-0.4, -0.2) is 13.9 Å². The zero-order chi connectivity index (χ0) is 28.2. The first-order valence-corrected chi connectivity index (χ1v) is 14.0. The van der Waals surface area contributed by atoms with E-state index in [1.165, 1.54) is 6.07 Å². The van der Waals surface area contributed by atoms with Crippen LogP contribution in [0, 0.1) is 17.2 Å². The molecule has 4 aromatic carbocycles. The molecule has 4 rings (SSSR count). The Hall–Kier alpha value is -3.83. The number of nitriles is 1. The van der Waals surface area contributed by atoms with E-state index in [9.17, 15) is 21.6 Å². The lowest BCUT2D eigenvalue weighted by molar-refractivity contribution is -0.0500. The third-order valence-corrected chi connectivity index (χ3v) is 7.40. The zero-order valence-electron chi connectivity index (χ0n) is 21.6. The number of benzene rings is 4. The molecule has 0 radical (unpaired) electrons. The van der Waals surface area contributed by atoms with Crippen molar-refractivity contribution < 1.29 is 25.8 Å². The molecule has 0 aliphatic heterocycles. The summed E-state index contributed by atoms with van der Waals surface area (Å²) in [5.74, 6) is -0.0234. The van der Waals surface area contributed by atoms with Crippen molar-refractivity contribution in [3.8, 4) is 22.9 Å². The molecule has 4 nitrogen and oxygen atoms in total. The molecule has 0 saturated heterocycles. The summed E-state index contributed by atoms with van der Waals surface area (Å²) < 4.78 is 68.1. The highest BCUT2D eigenvalue weighted by molar-refractivity contribution is 7.88. The van der Waals surface area contributed by atoms with Gasteiger partial charge in [-0.15, -0.1) is 0 Å². The normalized spacial score (nSPS) is 12.0. The summed E-state index contributed by atoms with van der Waals surface area (Å²) in [5, 5.41) is 10.9. The summed E-state index contributed by atoms with van der Waals surface area (Å²) in [7, 11) is -5.85. The van der Waals surface area contributed by atoms with Crippen LogP contribution < -0.4 is 4.18 Å². The van der Waals surface area contributed by atoms with Crippen molar-refractivity contribution in [1.82, 2.24) is 0 Å². The Bertz CT molecular complexity index is 1630. The van der Waals surface area contributed by atoms with E-state index in [0.717, 1.165) is 45.0 Å². The molecule has 0 atom stereocenters. The Kier molecular flexibility index (Phi) is 8.31. The van der Waals surface area contributed by atoms with Crippen LogP contribution in [0.4, 0.5) is 13.2 Å². The molecule has 0 fully saturated rings. The molecule has 0 aliphatic rings. The molecular weight excluding hydrogens is 523 g/mol. The number of nitrogens with zero attached hydrogens (tertiary/aromatic N) is 1. The van der Waals surface area contributed by atoms with Crippen molar-refractivity contribution in [3.05, 3.63) is 101 Å². The van der Waals surface area contributed by atoms with Crippen molar-refractivity contribution in [3.63, 3.8) is 0 Å². The molecule has 39 heavy (non-hydrogen) atoms. The SMILES string of the molecule is CC(C)Cc1cc(CCC#N)ccc1-c1ccc(OS(=O)(=O)C(F)(F)F)c(Cc2cccc3ccccc23)c1. The largest absolute Gasteiger partial charge is 0.534 e. The maximum absolute atomic E-state index is 13.2. The van der Waals surface area contributed by atoms with Crippen LogP contribution in [0.15, 0.2) is 78.9 Å². The lowest BCUT2D eigenvalue weighted by Gasteiger charge is -2.18. The predicted octanol–water partition coefficient (Wildman–Crippen LogP) is 7.98. The summed E-state index contributed by atoms with van der Waals surface area (Å²) in [5.41, 5.74) is -0.685. The minimum absolute atomic E-state index is 0.164. The van der Waals surface area contributed by atoms with Crippen LogP contribution in [0.25, 0.3) is 21.9 Å². The first kappa shape index (κ1) is 28.2. The number of fused-ring (bicyclic) bond motifs is 1. The van der Waals surface area contributed by atoms with Gasteiger partial charge in [0.25, 0.3) is 0 Å². The number of rotatable bonds is 9. The Morgan fingerprint density at radius 2 is 1.64 bits per heavy atom. The van der Waals surface area contributed by atoms with Crippen LogP contribution in [0.2, 0.25) is 0 Å². The van der Waals surface area contributed by atoms with Gasteiger partial charge in [0.2, 0.25) is 0 Å². The predicted molar refractivity (Wildman–Crippen MR) is 147 cm³/mol. The van der Waals surface area contributed by atoms with Crippen LogP contribution in [0.5, 0.6) is 5.75 Å². The van der Waals surface area contributed by atoms with Crippen LogP contribution >= 0.6 is 0 Å². The summed E-state index contributed by atoms with van der Waals surface area (Å²) in [4.78, 5) is 0. The van der Waals surface area contributed by atoms with Gasteiger partial charge >= 0.3 is 15.6 Å². The van der Waals surface area contributed by atoms with E-state index >= 15 is 0 Å². The maximum atomic E-state index is 13.2. The Morgan fingerprint density at radius 1 is 0.897 bits per heavy atom. The molecule has 0 bridgehead atoms. The Labute approximate surface area is 226 Å². The van der Waals surface area contributed by atoms with Crippen molar-refractivity contribution in [2.75, 3.05) is 0 Å². The Morgan fingerprint density at radius 3 is 2.36 bits per heavy atom. The maximum Gasteiger partial charge on any atom is 0.534 e. The summed E-state index contributed by atoms with van der Waals surface area (Å²) in [6.07, 6.45) is 1.94. The minimum atomic E-state index is -5.85. The highest BCUT2D eigenvalue weighted by atomic mass is 32.2. The van der Waals surface area contributed by atoms with Gasteiger partial charge in [0.15, 0.2) is 0 Å². The van der Waals surface area contributed by atoms with Gasteiger partial charge in [-0.25, -0.2) is 0 Å². The van der Waals surface area contributed by atoms with Crippen molar-refractivity contribution in [2.45, 2.75) is 45.0 Å². The molecule has 0 N–H and O–H groups in total. The van der Waals surface area contributed by atoms with Gasteiger partial charge in [0.1, 0.15) is 5.75 Å². The molecule has 8 heteroatoms. The van der Waals surface area contributed by atoms with Gasteiger partial charge in [0, 0.05) is 18.4 Å². The highest BCUT2D eigenvalue weighted by Crippen LogP contribution is 2.36. The number of halogens is 3. The van der Waals surface area contributed by atoms with Crippen molar-refractivity contribution >= 4 is 20.9 Å². The van der Waals surface area contributed by atoms with Gasteiger partial charge in [-0.1, -0.05) is 80.6 Å². The quantitative estimate of drug-likeness (QED) is 0.156. The van der Waals surface area contributed by atoms with E-state index in [0.29, 0.717) is 24.3 Å². The molecule has 0 aromatic heterocycles. The number of hydrogen-bond donors (Lipinski definition) is 0. The second-order valence-electron chi connectivity index (χ2n) is 9.87. The van der Waals surface area contributed by atoms with Gasteiger partial charge < -0.3 is 4.18 Å². The zero-order valence-corrected chi connectivity index (χ0v) is 22.4. The molecule has 0 saturated carbocycles. The van der Waals surface area contributed by atoms with Gasteiger partial charge in [-0.3, -0.25) is 0 Å². The smallest absolute Gasteiger partial charge is 0.376 e. The van der Waals surface area contributed by atoms with E-state index in [2.05, 4.69) is 30.2 Å². The molecule has 0 aliphatic carbocycles. The minimum Gasteiger partial charge on any atom is -0.376 e. The number of alkyl halides is 3. The van der Waals surface area contributed by atoms with E-state index < -0.39 is 15.6 Å². The van der Waals surface area contributed by atoms with E-state index in [1.807, 2.05) is 54.6 Å². The van der Waals surface area contributed by atoms with E-state index in [-0.39, 0.29) is 12.2 Å².